The summed E-state index contributed by atoms with van der Waals surface area (Å²) in [7, 11) is 0. The predicted molar refractivity (Wildman–Crippen MR) is 72.4 cm³/mol. The Kier molecular flexibility index (Phi) is 3.03. The summed E-state index contributed by atoms with van der Waals surface area (Å²) in [5.74, 6) is 0.700. The number of anilines is 1. The molecule has 2 heterocycles. The third-order valence-electron chi connectivity index (χ3n) is 3.41. The zero-order valence-corrected chi connectivity index (χ0v) is 11.2. The summed E-state index contributed by atoms with van der Waals surface area (Å²) in [6.07, 6.45) is 1.02. The second-order valence-electron chi connectivity index (χ2n) is 4.74. The van der Waals surface area contributed by atoms with Crippen molar-refractivity contribution in [3.05, 3.63) is 46.3 Å². The number of carbonyl (C=O) groups excluding carboxylic acids is 1. The van der Waals surface area contributed by atoms with Crippen LogP contribution in [0.1, 0.15) is 29.4 Å². The molecule has 5 heteroatoms. The highest BCUT2D eigenvalue weighted by Crippen LogP contribution is 2.35. The van der Waals surface area contributed by atoms with Crippen LogP contribution in [0.4, 0.5) is 5.69 Å². The van der Waals surface area contributed by atoms with Crippen molar-refractivity contribution >= 4 is 23.2 Å². The van der Waals surface area contributed by atoms with Crippen LogP contribution >= 0.6 is 11.6 Å². The van der Waals surface area contributed by atoms with Crippen molar-refractivity contribution < 1.29 is 9.32 Å². The summed E-state index contributed by atoms with van der Waals surface area (Å²) in [6, 6.07) is 7.60. The molecular formula is C14H13ClN2O2. The van der Waals surface area contributed by atoms with Crippen molar-refractivity contribution in [2.45, 2.75) is 25.7 Å². The van der Waals surface area contributed by atoms with Crippen molar-refractivity contribution in [1.29, 1.82) is 0 Å². The molecule has 1 aromatic heterocycles. The van der Waals surface area contributed by atoms with E-state index in [0.717, 1.165) is 5.56 Å². The van der Waals surface area contributed by atoms with E-state index in [-0.39, 0.29) is 11.8 Å². The minimum Gasteiger partial charge on any atom is -0.359 e. The summed E-state index contributed by atoms with van der Waals surface area (Å²) >= 11 is 6.21. The lowest BCUT2D eigenvalue weighted by molar-refractivity contribution is -0.116. The number of amides is 1. The first-order valence-corrected chi connectivity index (χ1v) is 6.52. The Balaban J connectivity index is 2.01. The first-order chi connectivity index (χ1) is 9.15. The number of nitrogens with zero attached hydrogens (tertiary/aromatic N) is 1. The van der Waals surface area contributed by atoms with Crippen LogP contribution in [0.25, 0.3) is 0 Å². The molecule has 3 rings (SSSR count). The fraction of sp³-hybridized carbons (Fsp3) is 0.286. The van der Waals surface area contributed by atoms with Gasteiger partial charge in [-0.05, 0) is 18.6 Å². The highest BCUT2D eigenvalue weighted by Gasteiger charge is 2.28. The summed E-state index contributed by atoms with van der Waals surface area (Å²) in [6.45, 7) is 1.82. The van der Waals surface area contributed by atoms with Gasteiger partial charge in [-0.2, -0.15) is 0 Å². The van der Waals surface area contributed by atoms with Gasteiger partial charge in [-0.1, -0.05) is 35.0 Å². The molecule has 1 atom stereocenters. The van der Waals surface area contributed by atoms with Crippen molar-refractivity contribution in [2.24, 2.45) is 0 Å². The third-order valence-corrected chi connectivity index (χ3v) is 3.75. The van der Waals surface area contributed by atoms with Crippen LogP contribution in [-0.2, 0) is 11.2 Å². The van der Waals surface area contributed by atoms with E-state index in [1.54, 1.807) is 0 Å². The Hall–Kier alpha value is -1.81. The van der Waals surface area contributed by atoms with E-state index in [1.807, 2.05) is 31.2 Å². The average Bonchev–Trinajstić information content (AvgIpc) is 2.62. The fourth-order valence-electron chi connectivity index (χ4n) is 2.45. The molecule has 98 valence electrons. The molecule has 0 fully saturated rings. The summed E-state index contributed by atoms with van der Waals surface area (Å²) in [5.41, 5.74) is 2.39. The molecule has 1 unspecified atom stereocenters. The van der Waals surface area contributed by atoms with Crippen LogP contribution in [0.15, 0.2) is 28.8 Å². The predicted octanol–water partition coefficient (Wildman–Crippen LogP) is 3.30. The number of fused-ring (bicyclic) bond motifs is 1. The van der Waals surface area contributed by atoms with Gasteiger partial charge < -0.3 is 9.84 Å². The highest BCUT2D eigenvalue weighted by atomic mass is 35.5. The number of rotatable bonds is 1. The van der Waals surface area contributed by atoms with Gasteiger partial charge in [0.15, 0.2) is 5.76 Å². The Morgan fingerprint density at radius 2 is 2.16 bits per heavy atom. The number of benzene rings is 1. The first kappa shape index (κ1) is 12.2. The van der Waals surface area contributed by atoms with E-state index in [1.165, 1.54) is 0 Å². The maximum atomic E-state index is 12.0. The highest BCUT2D eigenvalue weighted by molar-refractivity contribution is 6.31. The first-order valence-electron chi connectivity index (χ1n) is 6.14. The quantitative estimate of drug-likeness (QED) is 0.869. The van der Waals surface area contributed by atoms with Gasteiger partial charge in [0.05, 0.1) is 0 Å². The van der Waals surface area contributed by atoms with E-state index >= 15 is 0 Å². The van der Waals surface area contributed by atoms with Gasteiger partial charge in [-0.25, -0.2) is 0 Å². The van der Waals surface area contributed by atoms with Gasteiger partial charge in [-0.3, -0.25) is 4.79 Å². The van der Waals surface area contributed by atoms with Crippen molar-refractivity contribution in [3.8, 4) is 0 Å². The molecule has 19 heavy (non-hydrogen) atoms. The topological polar surface area (TPSA) is 55.1 Å². The Morgan fingerprint density at radius 3 is 2.95 bits per heavy atom. The van der Waals surface area contributed by atoms with Crippen molar-refractivity contribution in [1.82, 2.24) is 5.16 Å². The number of hydrogen-bond donors (Lipinski definition) is 1. The van der Waals surface area contributed by atoms with Gasteiger partial charge in [0, 0.05) is 23.8 Å². The zero-order valence-electron chi connectivity index (χ0n) is 10.4. The number of hydrogen-bond acceptors (Lipinski definition) is 3. The number of carbonyl (C=O) groups is 1. The molecule has 4 nitrogen and oxygen atoms in total. The standard InChI is InChI=1S/C14H13ClN2O2/c1-8-14-12(19-17-8)6-9(7-13(18)16-14)10-4-2-3-5-11(10)15/h2-5,9H,6-7H2,1H3,(H,16,18). The minimum absolute atomic E-state index is 0.0160. The van der Waals surface area contributed by atoms with E-state index < -0.39 is 0 Å². The molecular weight excluding hydrogens is 264 g/mol. The Bertz CT molecular complexity index is 636. The van der Waals surface area contributed by atoms with Gasteiger partial charge in [0.2, 0.25) is 5.91 Å². The molecule has 0 aliphatic carbocycles. The monoisotopic (exact) mass is 276 g/mol. The van der Waals surface area contributed by atoms with Gasteiger partial charge in [0.25, 0.3) is 0 Å². The molecule has 1 aromatic carbocycles. The number of halogens is 1. The average molecular weight is 277 g/mol. The Morgan fingerprint density at radius 1 is 1.37 bits per heavy atom. The third kappa shape index (κ3) is 2.24. The van der Waals surface area contributed by atoms with Crippen LogP contribution in [0.3, 0.4) is 0 Å². The van der Waals surface area contributed by atoms with Gasteiger partial charge in [0.1, 0.15) is 11.4 Å². The zero-order chi connectivity index (χ0) is 13.4. The molecule has 1 amide bonds. The molecule has 1 aliphatic heterocycles. The van der Waals surface area contributed by atoms with Crippen LogP contribution in [0, 0.1) is 6.92 Å². The second kappa shape index (κ2) is 4.70. The van der Waals surface area contributed by atoms with Crippen LogP contribution < -0.4 is 5.32 Å². The largest absolute Gasteiger partial charge is 0.359 e. The summed E-state index contributed by atoms with van der Waals surface area (Å²) in [5, 5.41) is 7.43. The maximum absolute atomic E-state index is 12.0. The molecule has 1 aliphatic rings. The molecule has 0 radical (unpaired) electrons. The van der Waals surface area contributed by atoms with Crippen molar-refractivity contribution in [3.63, 3.8) is 0 Å². The summed E-state index contributed by atoms with van der Waals surface area (Å²) < 4.78 is 5.30. The van der Waals surface area contributed by atoms with E-state index in [9.17, 15) is 4.79 Å². The Labute approximate surface area is 115 Å². The minimum atomic E-state index is -0.0324. The van der Waals surface area contributed by atoms with Crippen molar-refractivity contribution in [2.75, 3.05) is 5.32 Å². The number of aromatic nitrogens is 1. The van der Waals surface area contributed by atoms with E-state index in [0.29, 0.717) is 35.0 Å². The maximum Gasteiger partial charge on any atom is 0.225 e. The van der Waals surface area contributed by atoms with Crippen LogP contribution in [0.2, 0.25) is 5.02 Å². The van der Waals surface area contributed by atoms with Gasteiger partial charge in [-0.15, -0.1) is 0 Å². The lowest BCUT2D eigenvalue weighted by atomic mass is 9.92. The second-order valence-corrected chi connectivity index (χ2v) is 5.15. The molecule has 0 saturated heterocycles. The lowest BCUT2D eigenvalue weighted by Gasteiger charge is -2.14. The van der Waals surface area contributed by atoms with Crippen LogP contribution in [0.5, 0.6) is 0 Å². The molecule has 0 saturated carbocycles. The molecule has 0 spiro atoms. The van der Waals surface area contributed by atoms with E-state index in [2.05, 4.69) is 10.5 Å². The van der Waals surface area contributed by atoms with E-state index in [4.69, 9.17) is 16.1 Å². The lowest BCUT2D eigenvalue weighted by Crippen LogP contribution is -2.13. The van der Waals surface area contributed by atoms with Crippen LogP contribution in [-0.4, -0.2) is 11.1 Å². The summed E-state index contributed by atoms with van der Waals surface area (Å²) in [4.78, 5) is 12.0. The normalized spacial score (nSPS) is 18.6. The van der Waals surface area contributed by atoms with Gasteiger partial charge >= 0.3 is 0 Å². The molecule has 1 N–H and O–H groups in total. The number of nitrogens with one attached hydrogen (secondary N) is 1. The number of aryl methyl sites for hydroxylation is 1. The SMILES string of the molecule is Cc1noc2c1NC(=O)CC(c1ccccc1Cl)C2. The fourth-order valence-corrected chi connectivity index (χ4v) is 2.74. The molecule has 2 aromatic rings. The smallest absolute Gasteiger partial charge is 0.225 e. The molecule has 0 bridgehead atoms.